The Morgan fingerprint density at radius 2 is 1.67 bits per heavy atom. The van der Waals surface area contributed by atoms with E-state index in [-0.39, 0.29) is 10.8 Å². The molecule has 0 aromatic heterocycles. The van der Waals surface area contributed by atoms with Crippen molar-refractivity contribution < 1.29 is 4.74 Å². The molecule has 0 saturated carbocycles. The fourth-order valence-corrected chi connectivity index (χ4v) is 3.14. The summed E-state index contributed by atoms with van der Waals surface area (Å²) in [5.74, 6) is 0.963. The van der Waals surface area contributed by atoms with Crippen LogP contribution < -0.4 is 4.74 Å². The second kappa shape index (κ2) is 5.53. The van der Waals surface area contributed by atoms with E-state index in [0.717, 1.165) is 28.3 Å². The fourth-order valence-electron chi connectivity index (χ4n) is 2.92. The summed E-state index contributed by atoms with van der Waals surface area (Å²) in [6.45, 7) is 11.1. The van der Waals surface area contributed by atoms with Gasteiger partial charge in [-0.05, 0) is 24.0 Å². The predicted molar refractivity (Wildman–Crippen MR) is 91.6 cm³/mol. The highest BCUT2D eigenvalue weighted by Crippen LogP contribution is 2.45. The van der Waals surface area contributed by atoms with E-state index in [1.54, 1.807) is 7.11 Å². The van der Waals surface area contributed by atoms with E-state index in [9.17, 15) is 0 Å². The first-order chi connectivity index (χ1) is 9.67. The molecule has 0 amide bonds. The zero-order valence-electron chi connectivity index (χ0n) is 13.9. The molecule has 0 aliphatic heterocycles. The standard InChI is InChI=1S/C19H25ClO/c1-18(2,3)15-11-14(20)12-16(17(15)21-6)19(4,5)13-9-7-8-10-13/h7-9,11-12H,10H2,1-6H3. The SMILES string of the molecule is COc1c(C(C)(C)C)cc(Cl)cc1C(C)(C)C1=CC=CC1. The third-order valence-corrected chi connectivity index (χ3v) is 4.53. The highest BCUT2D eigenvalue weighted by Gasteiger charge is 2.32. The molecule has 2 heteroatoms. The van der Waals surface area contributed by atoms with E-state index in [4.69, 9.17) is 16.3 Å². The molecule has 114 valence electrons. The normalized spacial score (nSPS) is 15.3. The molecule has 0 atom stereocenters. The molecule has 0 heterocycles. The van der Waals surface area contributed by atoms with Gasteiger partial charge in [0.1, 0.15) is 5.75 Å². The Morgan fingerprint density at radius 1 is 1.05 bits per heavy atom. The van der Waals surface area contributed by atoms with Crippen LogP contribution in [0.3, 0.4) is 0 Å². The van der Waals surface area contributed by atoms with Gasteiger partial charge in [0, 0.05) is 21.6 Å². The van der Waals surface area contributed by atoms with Gasteiger partial charge >= 0.3 is 0 Å². The summed E-state index contributed by atoms with van der Waals surface area (Å²) in [5.41, 5.74) is 3.61. The molecule has 1 aromatic carbocycles. The minimum Gasteiger partial charge on any atom is -0.496 e. The number of benzene rings is 1. The molecule has 1 aliphatic carbocycles. The van der Waals surface area contributed by atoms with Crippen molar-refractivity contribution in [3.05, 3.63) is 52.1 Å². The Balaban J connectivity index is 2.66. The van der Waals surface area contributed by atoms with Gasteiger partial charge in [-0.2, -0.15) is 0 Å². The maximum atomic E-state index is 6.41. The number of hydrogen-bond donors (Lipinski definition) is 0. The van der Waals surface area contributed by atoms with Crippen LogP contribution in [0, 0.1) is 0 Å². The van der Waals surface area contributed by atoms with Crippen LogP contribution in [0.1, 0.15) is 52.2 Å². The van der Waals surface area contributed by atoms with E-state index in [0.29, 0.717) is 0 Å². The quantitative estimate of drug-likeness (QED) is 0.684. The van der Waals surface area contributed by atoms with Gasteiger partial charge in [-0.3, -0.25) is 0 Å². The summed E-state index contributed by atoms with van der Waals surface area (Å²) in [6.07, 6.45) is 7.52. The van der Waals surface area contributed by atoms with Crippen molar-refractivity contribution in [2.75, 3.05) is 7.11 Å². The maximum Gasteiger partial charge on any atom is 0.126 e. The zero-order valence-corrected chi connectivity index (χ0v) is 14.6. The lowest BCUT2D eigenvalue weighted by atomic mass is 9.74. The summed E-state index contributed by atoms with van der Waals surface area (Å²) < 4.78 is 5.80. The number of halogens is 1. The van der Waals surface area contributed by atoms with Gasteiger partial charge in [0.15, 0.2) is 0 Å². The summed E-state index contributed by atoms with van der Waals surface area (Å²) in [5, 5.41) is 0.773. The van der Waals surface area contributed by atoms with Crippen molar-refractivity contribution in [2.45, 2.75) is 51.9 Å². The smallest absolute Gasteiger partial charge is 0.126 e. The Kier molecular flexibility index (Phi) is 4.26. The van der Waals surface area contributed by atoms with Gasteiger partial charge in [0.25, 0.3) is 0 Å². The lowest BCUT2D eigenvalue weighted by Crippen LogP contribution is -2.23. The van der Waals surface area contributed by atoms with Crippen LogP contribution in [0.4, 0.5) is 0 Å². The van der Waals surface area contributed by atoms with Crippen LogP contribution in [-0.4, -0.2) is 7.11 Å². The lowest BCUT2D eigenvalue weighted by molar-refractivity contribution is 0.383. The number of hydrogen-bond acceptors (Lipinski definition) is 1. The molecule has 0 unspecified atom stereocenters. The molecule has 2 rings (SSSR count). The van der Waals surface area contributed by atoms with Gasteiger partial charge in [0.05, 0.1) is 7.11 Å². The van der Waals surface area contributed by atoms with Crippen molar-refractivity contribution in [3.63, 3.8) is 0 Å². The lowest BCUT2D eigenvalue weighted by Gasteiger charge is -2.32. The number of ether oxygens (including phenoxy) is 1. The second-order valence-electron chi connectivity index (χ2n) is 7.23. The van der Waals surface area contributed by atoms with Crippen LogP contribution in [0.15, 0.2) is 35.9 Å². The third-order valence-electron chi connectivity index (χ3n) is 4.31. The first-order valence-corrected chi connectivity index (χ1v) is 7.80. The third kappa shape index (κ3) is 3.03. The van der Waals surface area contributed by atoms with Crippen molar-refractivity contribution >= 4 is 11.6 Å². The molecule has 0 radical (unpaired) electrons. The number of rotatable bonds is 3. The molecule has 1 aliphatic rings. The van der Waals surface area contributed by atoms with Crippen LogP contribution in [-0.2, 0) is 10.8 Å². The topological polar surface area (TPSA) is 9.23 Å². The Bertz CT molecular complexity index is 601. The van der Waals surface area contributed by atoms with Gasteiger partial charge in [0.2, 0.25) is 0 Å². The van der Waals surface area contributed by atoms with Crippen LogP contribution in [0.5, 0.6) is 5.75 Å². The minimum absolute atomic E-state index is 0.0105. The monoisotopic (exact) mass is 304 g/mol. The molecule has 0 bridgehead atoms. The molecule has 1 aromatic rings. The van der Waals surface area contributed by atoms with Crippen molar-refractivity contribution in [1.29, 1.82) is 0 Å². The number of allylic oxidation sites excluding steroid dienone is 4. The van der Waals surface area contributed by atoms with E-state index in [1.807, 2.05) is 6.07 Å². The van der Waals surface area contributed by atoms with E-state index in [1.165, 1.54) is 5.57 Å². The summed E-state index contributed by atoms with van der Waals surface area (Å²) in [4.78, 5) is 0. The Labute approximate surface area is 133 Å². The highest BCUT2D eigenvalue weighted by atomic mass is 35.5. The van der Waals surface area contributed by atoms with E-state index < -0.39 is 0 Å². The van der Waals surface area contributed by atoms with E-state index in [2.05, 4.69) is 58.9 Å². The largest absolute Gasteiger partial charge is 0.496 e. The first kappa shape index (κ1) is 16.2. The Morgan fingerprint density at radius 3 is 2.14 bits per heavy atom. The van der Waals surface area contributed by atoms with Gasteiger partial charge in [-0.15, -0.1) is 0 Å². The van der Waals surface area contributed by atoms with Crippen molar-refractivity contribution in [2.24, 2.45) is 0 Å². The van der Waals surface area contributed by atoms with Crippen LogP contribution in [0.2, 0.25) is 5.02 Å². The summed E-state index contributed by atoms with van der Waals surface area (Å²) in [6, 6.07) is 4.08. The van der Waals surface area contributed by atoms with Crippen molar-refractivity contribution in [1.82, 2.24) is 0 Å². The van der Waals surface area contributed by atoms with E-state index >= 15 is 0 Å². The average molecular weight is 305 g/mol. The van der Waals surface area contributed by atoms with Crippen molar-refractivity contribution in [3.8, 4) is 5.75 Å². The highest BCUT2D eigenvalue weighted by molar-refractivity contribution is 6.30. The Hall–Kier alpha value is -1.21. The molecular weight excluding hydrogens is 280 g/mol. The molecule has 1 nitrogen and oxygen atoms in total. The van der Waals surface area contributed by atoms with Gasteiger partial charge in [-0.1, -0.05) is 70.0 Å². The molecule has 0 fully saturated rings. The second-order valence-corrected chi connectivity index (χ2v) is 7.67. The van der Waals surface area contributed by atoms with Crippen LogP contribution >= 0.6 is 11.6 Å². The molecule has 0 saturated heterocycles. The summed E-state index contributed by atoms with van der Waals surface area (Å²) >= 11 is 6.41. The number of methoxy groups -OCH3 is 1. The fraction of sp³-hybridized carbons (Fsp3) is 0.474. The zero-order chi connectivity index (χ0) is 15.8. The molecule has 0 N–H and O–H groups in total. The molecular formula is C19H25ClO. The first-order valence-electron chi connectivity index (χ1n) is 7.42. The molecule has 0 spiro atoms. The van der Waals surface area contributed by atoms with Gasteiger partial charge in [-0.25, -0.2) is 0 Å². The van der Waals surface area contributed by atoms with Crippen LogP contribution in [0.25, 0.3) is 0 Å². The minimum atomic E-state index is -0.0975. The van der Waals surface area contributed by atoms with Gasteiger partial charge < -0.3 is 4.74 Å². The maximum absolute atomic E-state index is 6.41. The predicted octanol–water partition coefficient (Wildman–Crippen LogP) is 5.81. The summed E-state index contributed by atoms with van der Waals surface area (Å²) in [7, 11) is 1.75. The molecule has 21 heavy (non-hydrogen) atoms. The average Bonchev–Trinajstić information content (AvgIpc) is 2.91.